The number of nitrogens with one attached hydrogen (secondary N) is 2. The third-order valence-corrected chi connectivity index (χ3v) is 7.86. The quantitative estimate of drug-likeness (QED) is 0.360. The van der Waals surface area contributed by atoms with E-state index >= 15 is 0 Å². The van der Waals surface area contributed by atoms with Crippen molar-refractivity contribution in [3.05, 3.63) is 98.9 Å². The number of Topliss-reactive ketones (excluding diaryl/α,β-unsaturated/α-hetero) is 1. The molecule has 0 radical (unpaired) electrons. The second kappa shape index (κ2) is 11.1. The maximum Gasteiger partial charge on any atom is 0.251 e. The largest absolute Gasteiger partial charge is 0.357 e. The van der Waals surface area contributed by atoms with Crippen molar-refractivity contribution in [2.75, 3.05) is 16.8 Å². The van der Waals surface area contributed by atoms with Gasteiger partial charge in [0.1, 0.15) is 0 Å². The number of aromatic nitrogens is 1. The molecule has 0 saturated heterocycles. The summed E-state index contributed by atoms with van der Waals surface area (Å²) in [4.78, 5) is 45.7. The normalized spacial score (nSPS) is 17.9. The first-order valence-electron chi connectivity index (χ1n) is 13.1. The molecule has 40 heavy (non-hydrogen) atoms. The lowest BCUT2D eigenvalue weighted by atomic mass is 9.73. The molecule has 1 aromatic heterocycles. The fraction of sp³-hybridized carbons (Fsp3) is 0.290. The lowest BCUT2D eigenvalue weighted by Crippen LogP contribution is -2.38. The molecular formula is C31H30Cl2N4O3. The summed E-state index contributed by atoms with van der Waals surface area (Å²) in [5.41, 5.74) is 4.18. The van der Waals surface area contributed by atoms with Crippen LogP contribution in [0.4, 0.5) is 11.4 Å². The first kappa shape index (κ1) is 27.9. The Kier molecular flexibility index (Phi) is 7.71. The summed E-state index contributed by atoms with van der Waals surface area (Å²) in [5, 5.41) is 7.23. The molecule has 2 heterocycles. The summed E-state index contributed by atoms with van der Waals surface area (Å²) in [6, 6.07) is 13.3. The molecule has 2 aliphatic rings. The summed E-state index contributed by atoms with van der Waals surface area (Å²) < 4.78 is 0. The van der Waals surface area contributed by atoms with Crippen LogP contribution in [0.3, 0.4) is 0 Å². The van der Waals surface area contributed by atoms with Gasteiger partial charge in [0.15, 0.2) is 5.78 Å². The number of ketones is 1. The zero-order chi connectivity index (χ0) is 28.6. The number of pyridine rings is 1. The minimum absolute atomic E-state index is 0.0529. The summed E-state index contributed by atoms with van der Waals surface area (Å²) in [6.07, 6.45) is 5.04. The summed E-state index contributed by atoms with van der Waals surface area (Å²) in [5.74, 6) is -0.549. The lowest BCUT2D eigenvalue weighted by molar-refractivity contribution is -0.118. The Labute approximate surface area is 243 Å². The molecule has 0 spiro atoms. The van der Waals surface area contributed by atoms with Gasteiger partial charge in [0, 0.05) is 59.2 Å². The van der Waals surface area contributed by atoms with Gasteiger partial charge in [0.2, 0.25) is 5.91 Å². The molecule has 5 rings (SSSR count). The number of allylic oxidation sites excluding steroid dienone is 1. The SMILES string of the molecule is CC(=O)N1c2ccc(C(=O)NCCc3ccncc3)cc2NC2=C(C(=O)CC(C)(C)C2)C1c1ccc(Cl)cc1Cl. The van der Waals surface area contributed by atoms with Crippen molar-refractivity contribution in [3.8, 4) is 0 Å². The van der Waals surface area contributed by atoms with E-state index in [9.17, 15) is 14.4 Å². The molecule has 1 aliphatic heterocycles. The summed E-state index contributed by atoms with van der Waals surface area (Å²) in [6.45, 7) is 6.01. The Bertz CT molecular complexity index is 1530. The number of anilines is 2. The number of hydrogen-bond acceptors (Lipinski definition) is 5. The second-order valence-corrected chi connectivity index (χ2v) is 11.9. The standard InChI is InChI=1S/C31H30Cl2N4O3/c1-18(38)37-26-7-4-20(30(40)35-13-10-19-8-11-34-12-9-19)14-24(26)36-25-16-31(2,3)17-27(39)28(25)29(37)22-6-5-21(32)15-23(22)33/h4-9,11-12,14-15,29,36H,10,13,16-17H2,1-3H3,(H,35,40). The number of carbonyl (C=O) groups excluding carboxylic acids is 3. The van der Waals surface area contributed by atoms with Crippen molar-refractivity contribution in [3.63, 3.8) is 0 Å². The molecule has 0 bridgehead atoms. The number of nitrogens with zero attached hydrogens (tertiary/aromatic N) is 2. The maximum absolute atomic E-state index is 13.7. The van der Waals surface area contributed by atoms with Crippen molar-refractivity contribution in [2.45, 2.75) is 46.1 Å². The summed E-state index contributed by atoms with van der Waals surface area (Å²) in [7, 11) is 0. The predicted octanol–water partition coefficient (Wildman–Crippen LogP) is 6.52. The molecule has 2 aromatic carbocycles. The lowest BCUT2D eigenvalue weighted by Gasteiger charge is -2.37. The van der Waals surface area contributed by atoms with Crippen molar-refractivity contribution in [2.24, 2.45) is 5.41 Å². The topological polar surface area (TPSA) is 91.4 Å². The van der Waals surface area contributed by atoms with Gasteiger partial charge < -0.3 is 10.6 Å². The van der Waals surface area contributed by atoms with E-state index in [0.29, 0.717) is 63.9 Å². The average Bonchev–Trinajstić information content (AvgIpc) is 3.02. The highest BCUT2D eigenvalue weighted by atomic mass is 35.5. The number of amides is 2. The number of carbonyl (C=O) groups is 3. The monoisotopic (exact) mass is 576 g/mol. The number of rotatable bonds is 5. The molecule has 9 heteroatoms. The molecule has 206 valence electrons. The van der Waals surface area contributed by atoms with Crippen LogP contribution in [0.5, 0.6) is 0 Å². The number of benzene rings is 2. The van der Waals surface area contributed by atoms with E-state index in [1.165, 1.54) is 6.92 Å². The highest BCUT2D eigenvalue weighted by molar-refractivity contribution is 6.35. The van der Waals surface area contributed by atoms with Gasteiger partial charge in [-0.3, -0.25) is 24.3 Å². The van der Waals surface area contributed by atoms with Gasteiger partial charge in [0.25, 0.3) is 5.91 Å². The van der Waals surface area contributed by atoms with E-state index in [4.69, 9.17) is 23.2 Å². The van der Waals surface area contributed by atoms with Crippen LogP contribution in [0, 0.1) is 5.41 Å². The molecule has 1 atom stereocenters. The van der Waals surface area contributed by atoms with Crippen LogP contribution in [0.15, 0.2) is 72.2 Å². The molecule has 1 unspecified atom stereocenters. The molecule has 3 aromatic rings. The van der Waals surface area contributed by atoms with Crippen LogP contribution in [0.1, 0.15) is 61.1 Å². The van der Waals surface area contributed by atoms with Crippen molar-refractivity contribution >= 4 is 52.2 Å². The van der Waals surface area contributed by atoms with E-state index in [2.05, 4.69) is 15.6 Å². The van der Waals surface area contributed by atoms with Crippen LogP contribution in [-0.4, -0.2) is 29.1 Å². The third kappa shape index (κ3) is 5.62. The zero-order valence-corrected chi connectivity index (χ0v) is 24.1. The maximum atomic E-state index is 13.7. The average molecular weight is 578 g/mol. The van der Waals surface area contributed by atoms with Gasteiger partial charge >= 0.3 is 0 Å². The van der Waals surface area contributed by atoms with Crippen LogP contribution in [0.25, 0.3) is 0 Å². The fourth-order valence-electron chi connectivity index (χ4n) is 5.52. The Morgan fingerprint density at radius 1 is 1.07 bits per heavy atom. The third-order valence-electron chi connectivity index (χ3n) is 7.30. The highest BCUT2D eigenvalue weighted by Gasteiger charge is 2.43. The molecule has 7 nitrogen and oxygen atoms in total. The Hall–Kier alpha value is -3.68. The van der Waals surface area contributed by atoms with Crippen LogP contribution < -0.4 is 15.5 Å². The minimum Gasteiger partial charge on any atom is -0.357 e. The highest BCUT2D eigenvalue weighted by Crippen LogP contribution is 2.49. The minimum atomic E-state index is -0.755. The van der Waals surface area contributed by atoms with Crippen LogP contribution >= 0.6 is 23.2 Å². The van der Waals surface area contributed by atoms with E-state index in [1.807, 2.05) is 26.0 Å². The van der Waals surface area contributed by atoms with Gasteiger partial charge in [0.05, 0.1) is 17.4 Å². The first-order valence-corrected chi connectivity index (χ1v) is 13.9. The van der Waals surface area contributed by atoms with Crippen molar-refractivity contribution < 1.29 is 14.4 Å². The summed E-state index contributed by atoms with van der Waals surface area (Å²) >= 11 is 12.9. The second-order valence-electron chi connectivity index (χ2n) is 11.0. The number of hydrogen-bond donors (Lipinski definition) is 2. The van der Waals surface area contributed by atoms with Gasteiger partial charge in [-0.2, -0.15) is 0 Å². The zero-order valence-electron chi connectivity index (χ0n) is 22.6. The molecule has 1 aliphatic carbocycles. The van der Waals surface area contributed by atoms with Gasteiger partial charge in [-0.15, -0.1) is 0 Å². The Morgan fingerprint density at radius 2 is 1.82 bits per heavy atom. The number of halogens is 2. The Balaban J connectivity index is 1.56. The predicted molar refractivity (Wildman–Crippen MR) is 158 cm³/mol. The Morgan fingerprint density at radius 3 is 2.52 bits per heavy atom. The molecule has 2 amide bonds. The van der Waals surface area contributed by atoms with Gasteiger partial charge in [-0.25, -0.2) is 0 Å². The van der Waals surface area contributed by atoms with Crippen LogP contribution in [-0.2, 0) is 16.0 Å². The van der Waals surface area contributed by atoms with Crippen LogP contribution in [0.2, 0.25) is 10.0 Å². The van der Waals surface area contributed by atoms with E-state index in [0.717, 1.165) is 11.3 Å². The van der Waals surface area contributed by atoms with E-state index < -0.39 is 6.04 Å². The molecule has 0 saturated carbocycles. The van der Waals surface area contributed by atoms with Crippen molar-refractivity contribution in [1.29, 1.82) is 0 Å². The van der Waals surface area contributed by atoms with Crippen molar-refractivity contribution in [1.82, 2.24) is 10.3 Å². The van der Waals surface area contributed by atoms with E-state index in [-0.39, 0.29) is 23.0 Å². The molecule has 2 N–H and O–H groups in total. The van der Waals surface area contributed by atoms with Gasteiger partial charge in [-0.1, -0.05) is 43.1 Å². The smallest absolute Gasteiger partial charge is 0.251 e. The van der Waals surface area contributed by atoms with Gasteiger partial charge in [-0.05, 0) is 71.8 Å². The van der Waals surface area contributed by atoms with E-state index in [1.54, 1.807) is 53.7 Å². The molecular weight excluding hydrogens is 547 g/mol. The fourth-order valence-corrected chi connectivity index (χ4v) is 6.03. The molecule has 0 fully saturated rings. The first-order chi connectivity index (χ1) is 19.0. The number of fused-ring (bicyclic) bond motifs is 1.